The molecule has 0 aliphatic carbocycles. The Bertz CT molecular complexity index is 1390. The lowest BCUT2D eigenvalue weighted by Gasteiger charge is -2.21. The molecule has 0 N–H and O–H groups in total. The number of unbranched alkanes of at least 4 members (excludes halogenated alkanes) is 9. The van der Waals surface area contributed by atoms with Gasteiger partial charge < -0.3 is 14.2 Å². The van der Waals surface area contributed by atoms with Crippen LogP contribution in [0.3, 0.4) is 0 Å². The van der Waals surface area contributed by atoms with Crippen LogP contribution < -0.4 is 4.74 Å². The number of hydrogen-bond donors (Lipinski definition) is 0. The number of halogens is 4. The largest absolute Gasteiger partial charge is 0.494 e. The maximum Gasteiger partial charge on any atom is 0.425 e. The topological polar surface area (TPSA) is 61.8 Å². The van der Waals surface area contributed by atoms with Crippen molar-refractivity contribution in [2.75, 3.05) is 19.8 Å². The van der Waals surface area contributed by atoms with E-state index in [9.17, 15) is 27.2 Å². The zero-order chi connectivity index (χ0) is 34.8. The van der Waals surface area contributed by atoms with Gasteiger partial charge in [-0.05, 0) is 74.1 Å². The zero-order valence-corrected chi connectivity index (χ0v) is 28.1. The molecule has 262 valence electrons. The van der Waals surface area contributed by atoms with Gasteiger partial charge in [-0.2, -0.15) is 13.2 Å². The second kappa shape index (κ2) is 20.6. The van der Waals surface area contributed by atoms with Crippen molar-refractivity contribution >= 4 is 11.8 Å². The Hall–Kier alpha value is -3.72. The SMILES string of the molecule is CCCCCCCCCCCOc1ccc(-c2ccc(C(=O)c3ccc(C(=O)OC(CCCCOCC)C(F)(F)F)c(F)c3)cc2)cc1. The highest BCUT2D eigenvalue weighted by molar-refractivity contribution is 6.09. The molecule has 48 heavy (non-hydrogen) atoms. The molecule has 0 amide bonds. The van der Waals surface area contributed by atoms with E-state index in [1.54, 1.807) is 31.2 Å². The highest BCUT2D eigenvalue weighted by atomic mass is 19.4. The molecule has 0 saturated heterocycles. The number of rotatable bonds is 22. The van der Waals surface area contributed by atoms with Crippen molar-refractivity contribution in [3.05, 3.63) is 89.2 Å². The van der Waals surface area contributed by atoms with Gasteiger partial charge in [0.2, 0.25) is 0 Å². The first kappa shape index (κ1) is 38.7. The summed E-state index contributed by atoms with van der Waals surface area (Å²) in [7, 11) is 0. The van der Waals surface area contributed by atoms with Gasteiger partial charge in [-0.25, -0.2) is 9.18 Å². The number of carbonyl (C=O) groups excluding carboxylic acids is 2. The molecule has 0 aliphatic rings. The lowest BCUT2D eigenvalue weighted by molar-refractivity contribution is -0.206. The van der Waals surface area contributed by atoms with Crippen LogP contribution in [-0.4, -0.2) is 43.9 Å². The molecule has 5 nitrogen and oxygen atoms in total. The van der Waals surface area contributed by atoms with Crippen LogP contribution in [-0.2, 0) is 9.47 Å². The van der Waals surface area contributed by atoms with Crippen LogP contribution in [0.4, 0.5) is 17.6 Å². The highest BCUT2D eigenvalue weighted by Gasteiger charge is 2.42. The van der Waals surface area contributed by atoms with Crippen LogP contribution in [0.5, 0.6) is 5.75 Å². The van der Waals surface area contributed by atoms with E-state index in [1.807, 2.05) is 24.3 Å². The highest BCUT2D eigenvalue weighted by Crippen LogP contribution is 2.29. The number of esters is 1. The van der Waals surface area contributed by atoms with E-state index in [2.05, 4.69) is 11.7 Å². The van der Waals surface area contributed by atoms with Crippen LogP contribution >= 0.6 is 0 Å². The Morgan fingerprint density at radius 3 is 1.83 bits per heavy atom. The minimum absolute atomic E-state index is 0.0476. The van der Waals surface area contributed by atoms with Crippen molar-refractivity contribution in [3.63, 3.8) is 0 Å². The van der Waals surface area contributed by atoms with Crippen molar-refractivity contribution in [2.24, 2.45) is 0 Å². The molecular weight excluding hydrogens is 624 g/mol. The summed E-state index contributed by atoms with van der Waals surface area (Å²) in [5.41, 5.74) is 1.38. The maximum atomic E-state index is 14.9. The van der Waals surface area contributed by atoms with Crippen molar-refractivity contribution in [1.82, 2.24) is 0 Å². The third-order valence-corrected chi connectivity index (χ3v) is 8.13. The van der Waals surface area contributed by atoms with Gasteiger partial charge in [-0.15, -0.1) is 0 Å². The van der Waals surface area contributed by atoms with Gasteiger partial charge in [0.15, 0.2) is 11.9 Å². The zero-order valence-electron chi connectivity index (χ0n) is 28.1. The summed E-state index contributed by atoms with van der Waals surface area (Å²) in [5.74, 6) is -2.28. The van der Waals surface area contributed by atoms with Crippen LogP contribution in [0.25, 0.3) is 11.1 Å². The Kier molecular flexibility index (Phi) is 16.6. The van der Waals surface area contributed by atoms with Gasteiger partial charge in [0.05, 0.1) is 12.2 Å². The molecule has 0 fully saturated rings. The Morgan fingerprint density at radius 2 is 1.25 bits per heavy atom. The molecular formula is C39H48F4O5. The van der Waals surface area contributed by atoms with E-state index in [0.29, 0.717) is 31.8 Å². The Balaban J connectivity index is 1.50. The molecule has 3 aromatic carbocycles. The lowest BCUT2D eigenvalue weighted by Crippen LogP contribution is -2.34. The molecule has 0 saturated carbocycles. The first-order chi connectivity index (χ1) is 23.1. The molecule has 0 heterocycles. The normalized spacial score (nSPS) is 12.1. The second-order valence-electron chi connectivity index (χ2n) is 11.9. The molecule has 9 heteroatoms. The average Bonchev–Trinajstić information content (AvgIpc) is 3.08. The summed E-state index contributed by atoms with van der Waals surface area (Å²) < 4.78 is 70.9. The lowest BCUT2D eigenvalue weighted by atomic mass is 9.98. The predicted octanol–water partition coefficient (Wildman–Crippen LogP) is 10.9. The summed E-state index contributed by atoms with van der Waals surface area (Å²) in [5, 5.41) is 0. The van der Waals surface area contributed by atoms with Gasteiger partial charge in [-0.1, -0.05) is 94.7 Å². The smallest absolute Gasteiger partial charge is 0.425 e. The fraction of sp³-hybridized carbons (Fsp3) is 0.487. The summed E-state index contributed by atoms with van der Waals surface area (Å²) in [4.78, 5) is 25.5. The molecule has 1 unspecified atom stereocenters. The summed E-state index contributed by atoms with van der Waals surface area (Å²) in [6, 6.07) is 17.5. The Labute approximate surface area is 282 Å². The van der Waals surface area contributed by atoms with Gasteiger partial charge >= 0.3 is 12.1 Å². The molecule has 0 aromatic heterocycles. The first-order valence-electron chi connectivity index (χ1n) is 17.2. The fourth-order valence-corrected chi connectivity index (χ4v) is 5.31. The van der Waals surface area contributed by atoms with Crippen molar-refractivity contribution in [2.45, 2.75) is 103 Å². The van der Waals surface area contributed by atoms with Gasteiger partial charge in [0, 0.05) is 24.3 Å². The molecule has 3 rings (SSSR count). The summed E-state index contributed by atoms with van der Waals surface area (Å²) in [6.07, 6.45) is 4.15. The van der Waals surface area contributed by atoms with E-state index in [-0.39, 0.29) is 12.0 Å². The van der Waals surface area contributed by atoms with E-state index in [0.717, 1.165) is 35.4 Å². The number of ether oxygens (including phenoxy) is 3. The number of alkyl halides is 3. The summed E-state index contributed by atoms with van der Waals surface area (Å²) in [6.45, 7) is 5.43. The monoisotopic (exact) mass is 672 g/mol. The van der Waals surface area contributed by atoms with E-state index >= 15 is 0 Å². The third kappa shape index (κ3) is 13.1. The summed E-state index contributed by atoms with van der Waals surface area (Å²) >= 11 is 0. The molecule has 0 radical (unpaired) electrons. The number of carbonyl (C=O) groups is 2. The van der Waals surface area contributed by atoms with Crippen molar-refractivity contribution in [3.8, 4) is 16.9 Å². The molecule has 0 bridgehead atoms. The predicted molar refractivity (Wildman–Crippen MR) is 180 cm³/mol. The third-order valence-electron chi connectivity index (χ3n) is 8.13. The Morgan fingerprint density at radius 1 is 0.688 bits per heavy atom. The molecule has 0 aliphatic heterocycles. The number of ketones is 1. The van der Waals surface area contributed by atoms with Gasteiger partial charge in [0.25, 0.3) is 0 Å². The average molecular weight is 673 g/mol. The molecule has 1 atom stereocenters. The van der Waals surface area contributed by atoms with Crippen LogP contribution in [0, 0.1) is 5.82 Å². The van der Waals surface area contributed by atoms with Gasteiger partial charge in [0.1, 0.15) is 11.6 Å². The standard InChI is InChI=1S/C39H48F4O5/c1-3-5-6-7-8-9-10-11-13-27-47-33-23-20-30(21-24-33)29-16-18-31(19-17-29)37(44)32-22-25-34(35(40)28-32)38(45)48-36(39(41,42)43)15-12-14-26-46-4-2/h16-25,28,36H,3-15,26-27H2,1-2H3. The van der Waals surface area contributed by atoms with Crippen LogP contribution in [0.15, 0.2) is 66.7 Å². The quantitative estimate of drug-likeness (QED) is 0.0460. The molecule has 3 aromatic rings. The second-order valence-corrected chi connectivity index (χ2v) is 11.9. The molecule has 0 spiro atoms. The van der Waals surface area contributed by atoms with E-state index in [4.69, 9.17) is 9.47 Å². The van der Waals surface area contributed by atoms with Crippen LogP contribution in [0.1, 0.15) is 117 Å². The van der Waals surface area contributed by atoms with Crippen molar-refractivity contribution in [1.29, 1.82) is 0 Å². The minimum Gasteiger partial charge on any atom is -0.494 e. The maximum absolute atomic E-state index is 14.9. The van der Waals surface area contributed by atoms with Crippen molar-refractivity contribution < 1.29 is 41.4 Å². The number of benzene rings is 3. The van der Waals surface area contributed by atoms with E-state index in [1.165, 1.54) is 57.4 Å². The van der Waals surface area contributed by atoms with Crippen LogP contribution in [0.2, 0.25) is 0 Å². The van der Waals surface area contributed by atoms with Gasteiger partial charge in [-0.3, -0.25) is 4.79 Å². The number of hydrogen-bond acceptors (Lipinski definition) is 5. The first-order valence-corrected chi connectivity index (χ1v) is 17.2. The fourth-order valence-electron chi connectivity index (χ4n) is 5.31. The van der Waals surface area contributed by atoms with E-state index < -0.39 is 41.8 Å². The minimum atomic E-state index is -4.80.